The van der Waals surface area contributed by atoms with Gasteiger partial charge >= 0.3 is 0 Å². The molecule has 0 saturated heterocycles. The van der Waals surface area contributed by atoms with Gasteiger partial charge < -0.3 is 5.32 Å². The molecule has 5 rings (SSSR count). The van der Waals surface area contributed by atoms with Crippen LogP contribution in [0.1, 0.15) is 47.8 Å². The van der Waals surface area contributed by atoms with Gasteiger partial charge in [-0.2, -0.15) is 5.10 Å². The molecule has 1 aliphatic heterocycles. The van der Waals surface area contributed by atoms with E-state index in [-0.39, 0.29) is 12.3 Å². The number of pyridine rings is 1. The Bertz CT molecular complexity index is 1340. The molecular weight excluding hydrogens is 438 g/mol. The van der Waals surface area contributed by atoms with Crippen LogP contribution in [-0.4, -0.2) is 36.0 Å². The molecule has 4 heterocycles. The fourth-order valence-corrected chi connectivity index (χ4v) is 4.43. The Balaban J connectivity index is 1.27. The number of amides is 1. The quantitative estimate of drug-likeness (QED) is 0.462. The standard InChI is InChI=1S/C25H26F2N6O/c1-3-19-22(32-12-5-4-6-20(32)29-19)24(34)28-15-16-7-9-17(10-8-16)23-30-21-14-18(25(2,26)27)11-13-33(21)31-23/h4-10,12,18H,3,11,13-15H2,1-2H3,(H,28,34). The second-order valence-corrected chi connectivity index (χ2v) is 8.79. The van der Waals surface area contributed by atoms with Gasteiger partial charge in [0.05, 0.1) is 5.69 Å². The van der Waals surface area contributed by atoms with E-state index in [1.54, 1.807) is 4.68 Å². The average molecular weight is 465 g/mol. The summed E-state index contributed by atoms with van der Waals surface area (Å²) in [6, 6.07) is 13.3. The highest BCUT2D eigenvalue weighted by atomic mass is 19.3. The Morgan fingerprint density at radius 3 is 2.71 bits per heavy atom. The lowest BCUT2D eigenvalue weighted by Gasteiger charge is -2.26. The number of aryl methyl sites for hydroxylation is 2. The molecule has 34 heavy (non-hydrogen) atoms. The summed E-state index contributed by atoms with van der Waals surface area (Å²) in [6.07, 6.45) is 3.12. The summed E-state index contributed by atoms with van der Waals surface area (Å²) in [7, 11) is 0. The molecule has 0 spiro atoms. The van der Waals surface area contributed by atoms with Crippen LogP contribution in [0.4, 0.5) is 8.78 Å². The summed E-state index contributed by atoms with van der Waals surface area (Å²) in [5.74, 6) is -2.47. The lowest BCUT2D eigenvalue weighted by Crippen LogP contribution is -2.32. The SMILES string of the molecule is CCc1nc2ccccn2c1C(=O)NCc1ccc(-c2nc3n(n2)CCC(C(C)(F)F)C3)cc1. The summed E-state index contributed by atoms with van der Waals surface area (Å²) in [5.41, 5.74) is 3.80. The topological polar surface area (TPSA) is 77.1 Å². The van der Waals surface area contributed by atoms with Crippen molar-refractivity contribution in [3.05, 3.63) is 71.4 Å². The first-order valence-corrected chi connectivity index (χ1v) is 11.5. The van der Waals surface area contributed by atoms with Gasteiger partial charge in [0.2, 0.25) is 5.92 Å². The first-order valence-electron chi connectivity index (χ1n) is 11.5. The van der Waals surface area contributed by atoms with E-state index in [1.165, 1.54) is 0 Å². The van der Waals surface area contributed by atoms with Crippen LogP contribution >= 0.6 is 0 Å². The molecule has 0 fully saturated rings. The van der Waals surface area contributed by atoms with E-state index >= 15 is 0 Å². The zero-order valence-electron chi connectivity index (χ0n) is 19.1. The monoisotopic (exact) mass is 464 g/mol. The molecule has 0 bridgehead atoms. The minimum Gasteiger partial charge on any atom is -0.347 e. The van der Waals surface area contributed by atoms with Crippen molar-refractivity contribution in [1.82, 2.24) is 29.5 Å². The number of carbonyl (C=O) groups is 1. The molecule has 3 aromatic heterocycles. The van der Waals surface area contributed by atoms with Crippen LogP contribution in [0, 0.1) is 5.92 Å². The summed E-state index contributed by atoms with van der Waals surface area (Å²) >= 11 is 0. The molecule has 1 amide bonds. The molecule has 9 heteroatoms. The highest BCUT2D eigenvalue weighted by Gasteiger charge is 2.37. The predicted molar refractivity (Wildman–Crippen MR) is 124 cm³/mol. The maximum atomic E-state index is 13.7. The van der Waals surface area contributed by atoms with E-state index < -0.39 is 11.8 Å². The summed E-state index contributed by atoms with van der Waals surface area (Å²) in [5, 5.41) is 7.48. The van der Waals surface area contributed by atoms with Crippen molar-refractivity contribution < 1.29 is 13.6 Å². The number of nitrogens with zero attached hydrogens (tertiary/aromatic N) is 5. The van der Waals surface area contributed by atoms with Gasteiger partial charge in [0, 0.05) is 37.2 Å². The largest absolute Gasteiger partial charge is 0.347 e. The number of carbonyl (C=O) groups excluding carboxylic acids is 1. The number of nitrogens with one attached hydrogen (secondary N) is 1. The number of hydrogen-bond acceptors (Lipinski definition) is 4. The number of halogens is 2. The van der Waals surface area contributed by atoms with Crippen LogP contribution in [0.15, 0.2) is 48.7 Å². The van der Waals surface area contributed by atoms with Gasteiger partial charge in [0.1, 0.15) is 17.2 Å². The minimum absolute atomic E-state index is 0.176. The summed E-state index contributed by atoms with van der Waals surface area (Å²) in [6.45, 7) is 3.76. The highest BCUT2D eigenvalue weighted by molar-refractivity contribution is 5.94. The molecule has 176 valence electrons. The van der Waals surface area contributed by atoms with E-state index in [4.69, 9.17) is 0 Å². The van der Waals surface area contributed by atoms with Crippen LogP contribution in [0.5, 0.6) is 0 Å². The van der Waals surface area contributed by atoms with Crippen molar-refractivity contribution in [2.24, 2.45) is 5.92 Å². The van der Waals surface area contributed by atoms with Crippen LogP contribution < -0.4 is 5.32 Å². The van der Waals surface area contributed by atoms with Gasteiger partial charge in [-0.1, -0.05) is 37.3 Å². The fraction of sp³-hybridized carbons (Fsp3) is 0.360. The molecule has 4 aromatic rings. The van der Waals surface area contributed by atoms with Gasteiger partial charge in [0.15, 0.2) is 5.82 Å². The second-order valence-electron chi connectivity index (χ2n) is 8.79. The maximum Gasteiger partial charge on any atom is 0.270 e. The Hall–Kier alpha value is -3.62. The van der Waals surface area contributed by atoms with Gasteiger partial charge in [0.25, 0.3) is 5.91 Å². The van der Waals surface area contributed by atoms with Gasteiger partial charge in [-0.15, -0.1) is 0 Å². The van der Waals surface area contributed by atoms with E-state index in [1.807, 2.05) is 60.0 Å². The number of alkyl halides is 2. The molecule has 1 N–H and O–H groups in total. The molecular formula is C25H26F2N6O. The summed E-state index contributed by atoms with van der Waals surface area (Å²) in [4.78, 5) is 22.0. The minimum atomic E-state index is -2.72. The molecule has 0 saturated carbocycles. The van der Waals surface area contributed by atoms with Crippen LogP contribution in [0.3, 0.4) is 0 Å². The number of benzene rings is 1. The zero-order chi connectivity index (χ0) is 23.9. The molecule has 0 radical (unpaired) electrons. The van der Waals surface area contributed by atoms with Crippen molar-refractivity contribution in [2.75, 3.05) is 0 Å². The van der Waals surface area contributed by atoms with Crippen molar-refractivity contribution in [2.45, 2.75) is 52.1 Å². The zero-order valence-corrected chi connectivity index (χ0v) is 19.1. The number of aromatic nitrogens is 5. The van der Waals surface area contributed by atoms with Gasteiger partial charge in [-0.25, -0.2) is 23.4 Å². The third-order valence-electron chi connectivity index (χ3n) is 6.40. The average Bonchev–Trinajstić information content (AvgIpc) is 3.43. The van der Waals surface area contributed by atoms with E-state index in [0.717, 1.165) is 29.4 Å². The Kier molecular flexibility index (Phi) is 5.63. The van der Waals surface area contributed by atoms with Crippen molar-refractivity contribution in [1.29, 1.82) is 0 Å². The van der Waals surface area contributed by atoms with Crippen molar-refractivity contribution >= 4 is 11.6 Å². The predicted octanol–water partition coefficient (Wildman–Crippen LogP) is 4.30. The van der Waals surface area contributed by atoms with Crippen LogP contribution in [-0.2, 0) is 25.9 Å². The lowest BCUT2D eigenvalue weighted by atomic mass is 9.92. The number of fused-ring (bicyclic) bond motifs is 2. The Labute approximate surface area is 195 Å². The Morgan fingerprint density at radius 2 is 1.97 bits per heavy atom. The molecule has 1 aliphatic rings. The molecule has 1 aromatic carbocycles. The molecule has 0 aliphatic carbocycles. The lowest BCUT2D eigenvalue weighted by molar-refractivity contribution is -0.0495. The smallest absolute Gasteiger partial charge is 0.270 e. The van der Waals surface area contributed by atoms with Crippen LogP contribution in [0.25, 0.3) is 17.0 Å². The fourth-order valence-electron chi connectivity index (χ4n) is 4.43. The van der Waals surface area contributed by atoms with Crippen molar-refractivity contribution in [3.63, 3.8) is 0 Å². The van der Waals surface area contributed by atoms with Crippen LogP contribution in [0.2, 0.25) is 0 Å². The number of imidazole rings is 1. The van der Waals surface area contributed by atoms with E-state index in [9.17, 15) is 13.6 Å². The third-order valence-corrected chi connectivity index (χ3v) is 6.40. The molecule has 1 unspecified atom stereocenters. The molecule has 1 atom stereocenters. The molecule has 7 nitrogen and oxygen atoms in total. The first-order chi connectivity index (χ1) is 16.3. The first kappa shape index (κ1) is 22.2. The third kappa shape index (κ3) is 4.18. The normalized spacial score (nSPS) is 15.9. The van der Waals surface area contributed by atoms with Crippen molar-refractivity contribution in [3.8, 4) is 11.4 Å². The van der Waals surface area contributed by atoms with Gasteiger partial charge in [-0.05, 0) is 37.5 Å². The highest BCUT2D eigenvalue weighted by Crippen LogP contribution is 2.33. The number of rotatable bonds is 6. The maximum absolute atomic E-state index is 13.7. The van der Waals surface area contributed by atoms with Gasteiger partial charge in [-0.3, -0.25) is 9.20 Å². The Morgan fingerprint density at radius 1 is 1.18 bits per heavy atom. The van der Waals surface area contributed by atoms with E-state index in [2.05, 4.69) is 20.4 Å². The number of hydrogen-bond donors (Lipinski definition) is 1. The van der Waals surface area contributed by atoms with E-state index in [0.29, 0.717) is 43.3 Å². The second kappa shape index (κ2) is 8.62. The summed E-state index contributed by atoms with van der Waals surface area (Å²) < 4.78 is 31.0.